The van der Waals surface area contributed by atoms with E-state index in [1.165, 1.54) is 0 Å². The number of anilines is 2. The quantitative estimate of drug-likeness (QED) is 0.659. The maximum Gasteiger partial charge on any atom is 0.387 e. The molecule has 1 aliphatic rings. The molecule has 158 valence electrons. The molecule has 1 atom stereocenters. The zero-order chi connectivity index (χ0) is 21.1. The lowest BCUT2D eigenvalue weighted by Gasteiger charge is -2.35. The number of hydrogen-bond acceptors (Lipinski definition) is 6. The Kier molecular flexibility index (Phi) is 5.78. The van der Waals surface area contributed by atoms with Crippen molar-refractivity contribution in [3.8, 4) is 11.6 Å². The molecule has 0 radical (unpaired) electrons. The van der Waals surface area contributed by atoms with Gasteiger partial charge in [0.2, 0.25) is 0 Å². The van der Waals surface area contributed by atoms with E-state index in [9.17, 15) is 8.78 Å². The summed E-state index contributed by atoms with van der Waals surface area (Å²) in [6.07, 6.45) is 5.43. The van der Waals surface area contributed by atoms with Crippen molar-refractivity contribution in [2.75, 3.05) is 23.3 Å². The molecule has 3 heterocycles. The molecule has 1 aliphatic heterocycles. The average Bonchev–Trinajstić information content (AvgIpc) is 3.06. The van der Waals surface area contributed by atoms with Gasteiger partial charge in [-0.2, -0.15) is 13.9 Å². The Labute approximate surface area is 173 Å². The lowest BCUT2D eigenvalue weighted by atomic mass is 10.0. The number of aryl methyl sites for hydroxylation is 2. The van der Waals surface area contributed by atoms with Crippen LogP contribution in [0.4, 0.5) is 20.3 Å². The van der Waals surface area contributed by atoms with Crippen molar-refractivity contribution in [3.05, 3.63) is 54.1 Å². The first-order valence-electron chi connectivity index (χ1n) is 9.90. The number of hydrogen-bond donors (Lipinski definition) is 1. The van der Waals surface area contributed by atoms with E-state index in [2.05, 4.69) is 30.0 Å². The van der Waals surface area contributed by atoms with Gasteiger partial charge in [0.1, 0.15) is 11.6 Å². The summed E-state index contributed by atoms with van der Waals surface area (Å²) in [7, 11) is 0. The van der Waals surface area contributed by atoms with Gasteiger partial charge >= 0.3 is 6.61 Å². The molecule has 1 N–H and O–H groups in total. The molecule has 2 aromatic heterocycles. The lowest BCUT2D eigenvalue weighted by Crippen LogP contribution is -2.42. The Balaban J connectivity index is 1.43. The van der Waals surface area contributed by atoms with Crippen LogP contribution in [0.15, 0.2) is 42.7 Å². The maximum atomic E-state index is 12.3. The minimum atomic E-state index is -2.81. The summed E-state index contributed by atoms with van der Waals surface area (Å²) < 4.78 is 30.9. The van der Waals surface area contributed by atoms with Gasteiger partial charge in [-0.25, -0.2) is 9.67 Å². The molecule has 1 fully saturated rings. The molecule has 9 heteroatoms. The molecule has 0 amide bonds. The highest BCUT2D eigenvalue weighted by molar-refractivity contribution is 5.50. The van der Waals surface area contributed by atoms with Crippen LogP contribution in [0.25, 0.3) is 5.82 Å². The molecule has 0 bridgehead atoms. The molecule has 30 heavy (non-hydrogen) atoms. The van der Waals surface area contributed by atoms with E-state index in [0.717, 1.165) is 43.0 Å². The molecule has 1 unspecified atom stereocenters. The first-order chi connectivity index (χ1) is 14.5. The number of benzene rings is 1. The van der Waals surface area contributed by atoms with Crippen molar-refractivity contribution in [3.63, 3.8) is 0 Å². The number of alkyl halides is 2. The zero-order valence-electron chi connectivity index (χ0n) is 16.9. The normalized spacial score (nSPS) is 16.7. The number of halogens is 2. The largest absolute Gasteiger partial charge is 0.435 e. The summed E-state index contributed by atoms with van der Waals surface area (Å²) in [5.41, 5.74) is 2.91. The second kappa shape index (κ2) is 8.64. The fourth-order valence-corrected chi connectivity index (χ4v) is 3.77. The van der Waals surface area contributed by atoms with Crippen molar-refractivity contribution in [1.82, 2.24) is 19.7 Å². The highest BCUT2D eigenvalue weighted by Gasteiger charge is 2.21. The smallest absolute Gasteiger partial charge is 0.387 e. The third-order valence-corrected chi connectivity index (χ3v) is 5.05. The Bertz CT molecular complexity index is 991. The van der Waals surface area contributed by atoms with Gasteiger partial charge in [0.15, 0.2) is 5.82 Å². The molecule has 3 aromatic rings. The Morgan fingerprint density at radius 2 is 1.97 bits per heavy atom. The summed E-state index contributed by atoms with van der Waals surface area (Å²) in [5.74, 6) is 1.54. The molecule has 0 spiro atoms. The minimum absolute atomic E-state index is 0.164. The van der Waals surface area contributed by atoms with Crippen LogP contribution in [0.5, 0.6) is 5.75 Å². The average molecular weight is 414 g/mol. The molecule has 4 rings (SSSR count). The Morgan fingerprint density at radius 1 is 1.17 bits per heavy atom. The summed E-state index contributed by atoms with van der Waals surface area (Å²) in [6.45, 7) is 2.80. The Morgan fingerprint density at radius 3 is 2.67 bits per heavy atom. The second-order valence-corrected chi connectivity index (χ2v) is 7.40. The zero-order valence-corrected chi connectivity index (χ0v) is 16.9. The summed E-state index contributed by atoms with van der Waals surface area (Å²) in [5, 5.41) is 7.94. The van der Waals surface area contributed by atoms with E-state index >= 15 is 0 Å². The monoisotopic (exact) mass is 414 g/mol. The molecule has 1 aromatic carbocycles. The summed E-state index contributed by atoms with van der Waals surface area (Å²) in [6, 6.07) is 8.95. The van der Waals surface area contributed by atoms with Gasteiger partial charge in [0.25, 0.3) is 0 Å². The van der Waals surface area contributed by atoms with Crippen LogP contribution < -0.4 is 15.0 Å². The van der Waals surface area contributed by atoms with E-state index in [4.69, 9.17) is 0 Å². The second-order valence-electron chi connectivity index (χ2n) is 7.40. The van der Waals surface area contributed by atoms with Gasteiger partial charge in [0, 0.05) is 30.5 Å². The Hall–Kier alpha value is -3.23. The van der Waals surface area contributed by atoms with Crippen LogP contribution in [0.1, 0.15) is 24.2 Å². The molecular formula is C21H24F2N6O. The van der Waals surface area contributed by atoms with Crippen LogP contribution >= 0.6 is 0 Å². The highest BCUT2D eigenvalue weighted by atomic mass is 19.3. The summed E-state index contributed by atoms with van der Waals surface area (Å²) >= 11 is 0. The van der Waals surface area contributed by atoms with Gasteiger partial charge in [-0.1, -0.05) is 0 Å². The van der Waals surface area contributed by atoms with Crippen molar-refractivity contribution >= 4 is 11.5 Å². The van der Waals surface area contributed by atoms with Gasteiger partial charge < -0.3 is 15.0 Å². The van der Waals surface area contributed by atoms with Crippen molar-refractivity contribution in [2.45, 2.75) is 39.3 Å². The third kappa shape index (κ3) is 4.67. The summed E-state index contributed by atoms with van der Waals surface area (Å²) in [4.78, 5) is 11.2. The minimum Gasteiger partial charge on any atom is -0.435 e. The van der Waals surface area contributed by atoms with Gasteiger partial charge in [0.05, 0.1) is 18.1 Å². The third-order valence-electron chi connectivity index (χ3n) is 5.05. The van der Waals surface area contributed by atoms with E-state index < -0.39 is 6.61 Å². The molecule has 7 nitrogen and oxygen atoms in total. The maximum absolute atomic E-state index is 12.3. The number of piperidine rings is 1. The van der Waals surface area contributed by atoms with E-state index in [1.54, 1.807) is 29.2 Å². The fraction of sp³-hybridized carbons (Fsp3) is 0.381. The number of nitrogens with one attached hydrogen (secondary N) is 1. The van der Waals surface area contributed by atoms with Crippen LogP contribution in [-0.4, -0.2) is 45.5 Å². The fourth-order valence-electron chi connectivity index (χ4n) is 3.77. The van der Waals surface area contributed by atoms with Crippen molar-refractivity contribution in [2.24, 2.45) is 0 Å². The molecular weight excluding hydrogens is 390 g/mol. The SMILES string of the molecule is Cc1cc(C)n(-c2cncc(NC3CCCN(c4ccc(OC(F)F)cc4)C3)n2)n1. The number of nitrogens with zero attached hydrogens (tertiary/aromatic N) is 5. The van der Waals surface area contributed by atoms with E-state index in [-0.39, 0.29) is 11.8 Å². The first kappa shape index (κ1) is 20.1. The predicted molar refractivity (Wildman–Crippen MR) is 111 cm³/mol. The van der Waals surface area contributed by atoms with E-state index in [1.807, 2.05) is 32.0 Å². The first-order valence-corrected chi connectivity index (χ1v) is 9.90. The van der Waals surface area contributed by atoms with Crippen LogP contribution in [0.3, 0.4) is 0 Å². The van der Waals surface area contributed by atoms with Crippen molar-refractivity contribution in [1.29, 1.82) is 0 Å². The predicted octanol–water partition coefficient (Wildman–Crippen LogP) is 3.96. The topological polar surface area (TPSA) is 68.1 Å². The lowest BCUT2D eigenvalue weighted by molar-refractivity contribution is -0.0498. The van der Waals surface area contributed by atoms with Gasteiger partial charge in [-0.3, -0.25) is 4.98 Å². The van der Waals surface area contributed by atoms with Crippen LogP contribution in [0.2, 0.25) is 0 Å². The number of aromatic nitrogens is 4. The van der Waals surface area contributed by atoms with Gasteiger partial charge in [-0.15, -0.1) is 0 Å². The molecule has 1 saturated heterocycles. The van der Waals surface area contributed by atoms with Crippen LogP contribution in [-0.2, 0) is 0 Å². The van der Waals surface area contributed by atoms with E-state index in [0.29, 0.717) is 11.6 Å². The highest BCUT2D eigenvalue weighted by Crippen LogP contribution is 2.25. The van der Waals surface area contributed by atoms with Gasteiger partial charge in [-0.05, 0) is 57.0 Å². The standard InChI is InChI=1S/C21H24F2N6O/c1-14-10-15(2)29(27-14)20-12-24-11-19(26-20)25-16-4-3-9-28(13-16)17-5-7-18(8-6-17)30-21(22)23/h5-8,10-12,16,21H,3-4,9,13H2,1-2H3,(H,25,26). The van der Waals surface area contributed by atoms with Crippen molar-refractivity contribution < 1.29 is 13.5 Å². The number of rotatable bonds is 6. The van der Waals surface area contributed by atoms with Crippen LogP contribution in [0, 0.1) is 13.8 Å². The molecule has 0 aliphatic carbocycles. The number of ether oxygens (including phenoxy) is 1. The molecule has 0 saturated carbocycles.